The Morgan fingerprint density at radius 3 is 2.77 bits per heavy atom. The quantitative estimate of drug-likeness (QED) is 0.732. The molecule has 2 atom stereocenters. The molecule has 2 aliphatic carbocycles. The van der Waals surface area contributed by atoms with E-state index in [0.717, 1.165) is 52.9 Å². The highest BCUT2D eigenvalue weighted by atomic mass is 16.5. The molecule has 2 aliphatic rings. The van der Waals surface area contributed by atoms with E-state index < -0.39 is 6.10 Å². The Morgan fingerprint density at radius 1 is 1.31 bits per heavy atom. The Bertz CT molecular complexity index is 1010. The van der Waals surface area contributed by atoms with Gasteiger partial charge in [-0.15, -0.1) is 0 Å². The van der Waals surface area contributed by atoms with E-state index in [4.69, 9.17) is 10.3 Å². The van der Waals surface area contributed by atoms with Crippen LogP contribution >= 0.6 is 0 Å². The minimum atomic E-state index is -0.597. The summed E-state index contributed by atoms with van der Waals surface area (Å²) in [6.45, 7) is 6.33. The van der Waals surface area contributed by atoms with Gasteiger partial charge in [0.05, 0.1) is 17.1 Å². The molecule has 26 heavy (non-hydrogen) atoms. The van der Waals surface area contributed by atoms with Crippen molar-refractivity contribution in [3.05, 3.63) is 23.3 Å². The van der Waals surface area contributed by atoms with Crippen LogP contribution in [0.5, 0.6) is 0 Å². The summed E-state index contributed by atoms with van der Waals surface area (Å²) in [4.78, 5) is 8.74. The summed E-state index contributed by atoms with van der Waals surface area (Å²) >= 11 is 0. The van der Waals surface area contributed by atoms with Crippen LogP contribution in [0, 0.1) is 5.92 Å². The highest BCUT2D eigenvalue weighted by Gasteiger charge is 2.41. The first kappa shape index (κ1) is 15.8. The van der Waals surface area contributed by atoms with E-state index in [1.165, 1.54) is 6.33 Å². The van der Waals surface area contributed by atoms with Crippen LogP contribution in [0.1, 0.15) is 68.7 Å². The van der Waals surface area contributed by atoms with Crippen LogP contribution in [-0.2, 0) is 6.42 Å². The van der Waals surface area contributed by atoms with Crippen LogP contribution in [0.3, 0.4) is 0 Å². The van der Waals surface area contributed by atoms with Gasteiger partial charge in [0.25, 0.3) is 0 Å². The Balaban J connectivity index is 1.91. The monoisotopic (exact) mass is 353 g/mol. The number of nitrogens with zero attached hydrogens (tertiary/aromatic N) is 4. The zero-order valence-corrected chi connectivity index (χ0v) is 15.2. The second kappa shape index (κ2) is 5.30. The summed E-state index contributed by atoms with van der Waals surface area (Å²) in [7, 11) is 0. The first-order valence-corrected chi connectivity index (χ1v) is 9.30. The molecule has 3 aromatic heterocycles. The van der Waals surface area contributed by atoms with Gasteiger partial charge in [0, 0.05) is 23.2 Å². The number of aromatic nitrogens is 4. The van der Waals surface area contributed by atoms with Crippen molar-refractivity contribution in [3.8, 4) is 11.3 Å². The second-order valence-corrected chi connectivity index (χ2v) is 7.95. The van der Waals surface area contributed by atoms with Gasteiger partial charge in [-0.25, -0.2) is 9.97 Å². The Kier molecular flexibility index (Phi) is 3.22. The maximum Gasteiger partial charge on any atom is 0.146 e. The summed E-state index contributed by atoms with van der Waals surface area (Å²) in [6, 6.07) is 0.205. The number of aliphatic hydroxyl groups is 1. The van der Waals surface area contributed by atoms with E-state index in [1.807, 2.05) is 0 Å². The van der Waals surface area contributed by atoms with E-state index in [9.17, 15) is 5.11 Å². The van der Waals surface area contributed by atoms with Crippen molar-refractivity contribution in [1.82, 2.24) is 19.7 Å². The van der Waals surface area contributed by atoms with Crippen molar-refractivity contribution in [2.24, 2.45) is 5.92 Å². The number of aliphatic hydroxyl groups excluding tert-OH is 1. The number of hydrogen-bond acceptors (Lipinski definition) is 6. The van der Waals surface area contributed by atoms with Crippen molar-refractivity contribution < 1.29 is 9.63 Å². The zero-order valence-electron chi connectivity index (χ0n) is 15.2. The lowest BCUT2D eigenvalue weighted by Crippen LogP contribution is -2.14. The van der Waals surface area contributed by atoms with Gasteiger partial charge in [-0.3, -0.25) is 0 Å². The van der Waals surface area contributed by atoms with Gasteiger partial charge in [0.1, 0.15) is 29.2 Å². The molecule has 5 rings (SSSR count). The van der Waals surface area contributed by atoms with E-state index in [0.29, 0.717) is 17.4 Å². The lowest BCUT2D eigenvalue weighted by Gasteiger charge is -2.19. The van der Waals surface area contributed by atoms with Crippen LogP contribution in [-0.4, -0.2) is 24.8 Å². The third-order valence-electron chi connectivity index (χ3n) is 5.72. The Hall–Kier alpha value is -2.41. The number of rotatable bonds is 2. The highest BCUT2D eigenvalue weighted by molar-refractivity contribution is 6.02. The molecule has 0 aliphatic heterocycles. The number of nitrogen functional groups attached to an aromatic ring is 1. The summed E-state index contributed by atoms with van der Waals surface area (Å²) in [5.41, 5.74) is 10.7. The van der Waals surface area contributed by atoms with Gasteiger partial charge >= 0.3 is 0 Å². The molecule has 0 amide bonds. The number of anilines is 1. The SMILES string of the molecule is CC1Cc2c(c3c(N)ncnc3n2C(C)C)-c2noc(C3CC3)c2C1O. The predicted molar refractivity (Wildman–Crippen MR) is 97.6 cm³/mol. The van der Waals surface area contributed by atoms with Gasteiger partial charge in [-0.05, 0) is 39.0 Å². The first-order valence-electron chi connectivity index (χ1n) is 9.30. The smallest absolute Gasteiger partial charge is 0.146 e. The summed E-state index contributed by atoms with van der Waals surface area (Å²) < 4.78 is 7.93. The van der Waals surface area contributed by atoms with Gasteiger partial charge in [-0.2, -0.15) is 0 Å². The molecule has 3 N–H and O–H groups in total. The molecule has 7 nitrogen and oxygen atoms in total. The minimum absolute atomic E-state index is 0.0443. The summed E-state index contributed by atoms with van der Waals surface area (Å²) in [5, 5.41) is 16.3. The van der Waals surface area contributed by atoms with Crippen molar-refractivity contribution in [2.75, 3.05) is 5.73 Å². The topological polar surface area (TPSA) is 103 Å². The number of hydrogen-bond donors (Lipinski definition) is 2. The lowest BCUT2D eigenvalue weighted by molar-refractivity contribution is 0.116. The molecule has 0 radical (unpaired) electrons. The molecule has 0 bridgehead atoms. The van der Waals surface area contributed by atoms with E-state index in [-0.39, 0.29) is 12.0 Å². The van der Waals surface area contributed by atoms with Crippen molar-refractivity contribution >= 4 is 16.9 Å². The summed E-state index contributed by atoms with van der Waals surface area (Å²) in [5.74, 6) is 1.70. The van der Waals surface area contributed by atoms with Gasteiger partial charge < -0.3 is 19.9 Å². The minimum Gasteiger partial charge on any atom is -0.388 e. The molecule has 136 valence electrons. The predicted octanol–water partition coefficient (Wildman–Crippen LogP) is 3.35. The third kappa shape index (κ3) is 2.00. The molecule has 1 saturated carbocycles. The van der Waals surface area contributed by atoms with Crippen molar-refractivity contribution in [1.29, 1.82) is 0 Å². The Labute approximate surface area is 151 Å². The highest BCUT2D eigenvalue weighted by Crippen LogP contribution is 2.51. The molecule has 0 spiro atoms. The maximum absolute atomic E-state index is 11.0. The average molecular weight is 353 g/mol. The second-order valence-electron chi connectivity index (χ2n) is 7.95. The fourth-order valence-electron chi connectivity index (χ4n) is 4.33. The first-order chi connectivity index (χ1) is 12.5. The van der Waals surface area contributed by atoms with Crippen LogP contribution in [0.25, 0.3) is 22.3 Å². The lowest BCUT2D eigenvalue weighted by atomic mass is 9.94. The maximum atomic E-state index is 11.0. The fraction of sp³-hybridized carbons (Fsp3) is 0.526. The number of nitrogens with two attached hydrogens (primary N) is 1. The zero-order chi connectivity index (χ0) is 18.2. The van der Waals surface area contributed by atoms with E-state index in [1.54, 1.807) is 0 Å². The molecule has 1 fully saturated rings. The third-order valence-corrected chi connectivity index (χ3v) is 5.72. The van der Waals surface area contributed by atoms with E-state index >= 15 is 0 Å². The molecular weight excluding hydrogens is 330 g/mol. The molecule has 7 heteroatoms. The van der Waals surface area contributed by atoms with E-state index in [2.05, 4.69) is 40.5 Å². The molecular formula is C19H23N5O2. The molecule has 0 saturated heterocycles. The molecule has 3 aromatic rings. The van der Waals surface area contributed by atoms with Gasteiger partial charge in [-0.1, -0.05) is 12.1 Å². The Morgan fingerprint density at radius 2 is 2.08 bits per heavy atom. The van der Waals surface area contributed by atoms with Crippen LogP contribution in [0.2, 0.25) is 0 Å². The standard InChI is InChI=1S/C19H23N5O2/c1-8(2)24-11-6-9(3)16(25)14-15(23-26-17(14)10-4-5-10)12(11)13-18(20)21-7-22-19(13)24/h7-10,16,25H,4-6H2,1-3H3,(H2,20,21,22). The fourth-order valence-corrected chi connectivity index (χ4v) is 4.33. The van der Waals surface area contributed by atoms with Gasteiger partial charge in [0.15, 0.2) is 0 Å². The van der Waals surface area contributed by atoms with Gasteiger partial charge in [0.2, 0.25) is 0 Å². The van der Waals surface area contributed by atoms with Crippen LogP contribution in [0.4, 0.5) is 5.82 Å². The average Bonchev–Trinajstić information content (AvgIpc) is 3.28. The molecule has 3 heterocycles. The van der Waals surface area contributed by atoms with Crippen LogP contribution < -0.4 is 5.73 Å². The molecule has 0 aromatic carbocycles. The largest absolute Gasteiger partial charge is 0.388 e. The summed E-state index contributed by atoms with van der Waals surface area (Å²) in [6.07, 6.45) is 3.82. The number of fused-ring (bicyclic) bond motifs is 5. The van der Waals surface area contributed by atoms with Crippen molar-refractivity contribution in [3.63, 3.8) is 0 Å². The van der Waals surface area contributed by atoms with Crippen molar-refractivity contribution in [2.45, 2.75) is 58.1 Å². The van der Waals surface area contributed by atoms with Crippen LogP contribution in [0.15, 0.2) is 10.9 Å². The molecule has 2 unspecified atom stereocenters. The normalized spacial score (nSPS) is 22.5.